The van der Waals surface area contributed by atoms with Gasteiger partial charge in [-0.1, -0.05) is 156 Å². The minimum Gasteiger partial charge on any atom is -0.392 e. The Morgan fingerprint density at radius 1 is 0.432 bits per heavy atom. The molecule has 0 aliphatic rings. The van der Waals surface area contributed by atoms with E-state index < -0.39 is 0 Å². The number of nitrogens with one attached hydrogen (secondary N) is 2. The van der Waals surface area contributed by atoms with Gasteiger partial charge in [-0.05, 0) is 24.7 Å². The number of ether oxygens (including phenoxy) is 2. The second-order valence-corrected chi connectivity index (χ2v) is 13.7. The molecule has 0 heterocycles. The van der Waals surface area contributed by atoms with E-state index in [4.69, 9.17) is 9.47 Å². The highest BCUT2D eigenvalue weighted by Gasteiger charge is 2.14. The number of aliphatic hydroxyl groups is 2. The molecule has 0 bridgehead atoms. The molecule has 0 saturated carbocycles. The second-order valence-electron chi connectivity index (χ2n) is 13.7. The van der Waals surface area contributed by atoms with E-state index in [0.717, 1.165) is 25.9 Å². The van der Waals surface area contributed by atoms with Gasteiger partial charge in [-0.2, -0.15) is 0 Å². The van der Waals surface area contributed by atoms with Gasteiger partial charge in [0.05, 0.1) is 38.6 Å². The molecule has 0 aromatic carbocycles. The molecule has 4 unspecified atom stereocenters. The van der Waals surface area contributed by atoms with Gasteiger partial charge in [0.1, 0.15) is 0 Å². The third-order valence-corrected chi connectivity index (χ3v) is 9.27. The maximum Gasteiger partial charge on any atom is 0.0701 e. The smallest absolute Gasteiger partial charge is 0.0701 e. The molecule has 0 fully saturated rings. The Bertz CT molecular complexity index is 493. The average Bonchev–Trinajstić information content (AvgIpc) is 3.02. The summed E-state index contributed by atoms with van der Waals surface area (Å²) in [5, 5.41) is 27.5. The van der Waals surface area contributed by atoms with Gasteiger partial charge >= 0.3 is 0 Å². The average molecular weight is 629 g/mol. The monoisotopic (exact) mass is 629 g/mol. The minimum atomic E-state index is -0.286. The van der Waals surface area contributed by atoms with Crippen molar-refractivity contribution in [3.8, 4) is 0 Å². The molecule has 6 heteroatoms. The van der Waals surface area contributed by atoms with Crippen LogP contribution in [0, 0.1) is 11.8 Å². The molecule has 44 heavy (non-hydrogen) atoms. The summed E-state index contributed by atoms with van der Waals surface area (Å²) >= 11 is 0. The Kier molecular flexibility index (Phi) is 35.4. The Balaban J connectivity index is 3.40. The van der Waals surface area contributed by atoms with Gasteiger partial charge in [0, 0.05) is 26.2 Å². The van der Waals surface area contributed by atoms with Gasteiger partial charge in [0.15, 0.2) is 0 Å². The second kappa shape index (κ2) is 35.6. The maximum atomic E-state index is 10.4. The molecule has 0 rings (SSSR count). The summed E-state index contributed by atoms with van der Waals surface area (Å²) in [7, 11) is 0. The van der Waals surface area contributed by atoms with Crippen LogP contribution in [-0.4, -0.2) is 75.0 Å². The third-order valence-electron chi connectivity index (χ3n) is 9.27. The normalized spacial score (nSPS) is 14.6. The van der Waals surface area contributed by atoms with Crippen LogP contribution in [0.3, 0.4) is 0 Å². The van der Waals surface area contributed by atoms with Crippen LogP contribution in [0.5, 0.6) is 0 Å². The maximum absolute atomic E-state index is 10.4. The summed E-state index contributed by atoms with van der Waals surface area (Å²) in [6, 6.07) is 0. The molecular formula is C38H80N2O4. The van der Waals surface area contributed by atoms with E-state index in [1.54, 1.807) is 0 Å². The van der Waals surface area contributed by atoms with E-state index >= 15 is 0 Å². The summed E-state index contributed by atoms with van der Waals surface area (Å²) in [4.78, 5) is 0. The van der Waals surface area contributed by atoms with Crippen LogP contribution in [0.2, 0.25) is 0 Å². The molecule has 0 aromatic rings. The zero-order valence-electron chi connectivity index (χ0n) is 30.2. The van der Waals surface area contributed by atoms with Crippen LogP contribution in [0.4, 0.5) is 0 Å². The zero-order chi connectivity index (χ0) is 32.4. The Labute approximate surface area is 275 Å². The van der Waals surface area contributed by atoms with Crippen molar-refractivity contribution in [2.24, 2.45) is 11.8 Å². The summed E-state index contributed by atoms with van der Waals surface area (Å²) in [5.74, 6) is 0.682. The van der Waals surface area contributed by atoms with Gasteiger partial charge < -0.3 is 30.3 Å². The van der Waals surface area contributed by atoms with Gasteiger partial charge in [-0.15, -0.1) is 0 Å². The number of rotatable bonds is 37. The third kappa shape index (κ3) is 31.7. The van der Waals surface area contributed by atoms with Crippen molar-refractivity contribution in [1.82, 2.24) is 10.6 Å². The van der Waals surface area contributed by atoms with Crippen LogP contribution in [0.15, 0.2) is 0 Å². The molecule has 0 aliphatic carbocycles. The number of aliphatic hydroxyl groups excluding tert-OH is 2. The first-order chi connectivity index (χ1) is 21.5. The fraction of sp³-hybridized carbons (Fsp3) is 1.00. The van der Waals surface area contributed by atoms with Crippen LogP contribution >= 0.6 is 0 Å². The highest BCUT2D eigenvalue weighted by molar-refractivity contribution is 4.68. The van der Waals surface area contributed by atoms with Crippen LogP contribution in [-0.2, 0) is 9.47 Å². The molecule has 266 valence electrons. The molecule has 0 amide bonds. The first-order valence-corrected chi connectivity index (χ1v) is 19.5. The molecule has 0 saturated heterocycles. The van der Waals surface area contributed by atoms with E-state index in [2.05, 4.69) is 38.3 Å². The van der Waals surface area contributed by atoms with E-state index in [9.17, 15) is 10.2 Å². The largest absolute Gasteiger partial charge is 0.392 e. The topological polar surface area (TPSA) is 83.0 Å². The number of unbranched alkanes of at least 4 members (excludes halogenated alkanes) is 18. The summed E-state index contributed by atoms with van der Waals surface area (Å²) in [6.07, 6.45) is 28.8. The number of hydrogen-bond acceptors (Lipinski definition) is 6. The van der Waals surface area contributed by atoms with Crippen LogP contribution in [0.25, 0.3) is 0 Å². The lowest BCUT2D eigenvalue weighted by Crippen LogP contribution is -2.34. The quantitative estimate of drug-likeness (QED) is 0.0515. The van der Waals surface area contributed by atoms with Crippen molar-refractivity contribution in [1.29, 1.82) is 0 Å². The summed E-state index contributed by atoms with van der Waals surface area (Å²) in [5.41, 5.74) is 0. The van der Waals surface area contributed by atoms with E-state index in [-0.39, 0.29) is 12.2 Å². The van der Waals surface area contributed by atoms with Gasteiger partial charge in [0.2, 0.25) is 0 Å². The Hall–Kier alpha value is -0.240. The fourth-order valence-electron chi connectivity index (χ4n) is 5.81. The van der Waals surface area contributed by atoms with Crippen molar-refractivity contribution >= 4 is 0 Å². The van der Waals surface area contributed by atoms with Gasteiger partial charge in [-0.3, -0.25) is 0 Å². The summed E-state index contributed by atoms with van der Waals surface area (Å²) in [6.45, 7) is 14.1. The van der Waals surface area contributed by atoms with Crippen LogP contribution in [0.1, 0.15) is 169 Å². The molecule has 0 spiro atoms. The molecule has 0 aliphatic heterocycles. The lowest BCUT2D eigenvalue weighted by atomic mass is 9.96. The molecule has 6 nitrogen and oxygen atoms in total. The van der Waals surface area contributed by atoms with E-state index in [1.807, 2.05) is 0 Å². The summed E-state index contributed by atoms with van der Waals surface area (Å²) < 4.78 is 11.3. The van der Waals surface area contributed by atoms with Crippen molar-refractivity contribution in [2.75, 3.05) is 52.6 Å². The van der Waals surface area contributed by atoms with Crippen molar-refractivity contribution in [2.45, 2.75) is 181 Å². The van der Waals surface area contributed by atoms with Gasteiger partial charge in [-0.25, -0.2) is 0 Å². The predicted molar refractivity (Wildman–Crippen MR) is 191 cm³/mol. The molecule has 0 aromatic heterocycles. The Morgan fingerprint density at radius 3 is 1.05 bits per heavy atom. The molecule has 0 radical (unpaired) electrons. The lowest BCUT2D eigenvalue weighted by Gasteiger charge is -2.19. The van der Waals surface area contributed by atoms with Crippen molar-refractivity contribution < 1.29 is 19.7 Å². The highest BCUT2D eigenvalue weighted by Crippen LogP contribution is 2.17. The van der Waals surface area contributed by atoms with E-state index in [1.165, 1.54) is 128 Å². The highest BCUT2D eigenvalue weighted by atomic mass is 16.5. The minimum absolute atomic E-state index is 0.286. The van der Waals surface area contributed by atoms with Gasteiger partial charge in [0.25, 0.3) is 0 Å². The first-order valence-electron chi connectivity index (χ1n) is 19.5. The molecular weight excluding hydrogens is 548 g/mol. The molecule has 4 N–H and O–H groups in total. The Morgan fingerprint density at radius 2 is 0.727 bits per heavy atom. The van der Waals surface area contributed by atoms with Crippen LogP contribution < -0.4 is 10.6 Å². The van der Waals surface area contributed by atoms with E-state index in [0.29, 0.717) is 51.4 Å². The standard InChI is InChI=1S/C38H80N2O4/c1-5-7-9-11-13-15-17-19-21-23-25-35(3)37(41)33-39-27-29-43-31-32-44-30-28-40-34-38(42)36(4)26-24-22-20-18-16-14-12-10-8-6-2/h35-42H,5-34H2,1-4H3. The van der Waals surface area contributed by atoms with Crippen molar-refractivity contribution in [3.63, 3.8) is 0 Å². The molecule has 4 atom stereocenters. The number of hydrogen-bond donors (Lipinski definition) is 4. The zero-order valence-corrected chi connectivity index (χ0v) is 30.2. The van der Waals surface area contributed by atoms with Crippen molar-refractivity contribution in [3.05, 3.63) is 0 Å². The lowest BCUT2D eigenvalue weighted by molar-refractivity contribution is 0.0460. The predicted octanol–water partition coefficient (Wildman–Crippen LogP) is 8.81. The first kappa shape index (κ1) is 43.8. The fourth-order valence-corrected chi connectivity index (χ4v) is 5.81. The SMILES string of the molecule is CCCCCCCCCCCCC(C)C(O)CNCCOCCOCCNCC(O)C(C)CCCCCCCCCCCC.